The molecular weight excluding hydrogens is 284 g/mol. The van der Waals surface area contributed by atoms with Crippen molar-refractivity contribution >= 4 is 18.3 Å². The lowest BCUT2D eigenvalue weighted by Gasteiger charge is -2.24. The van der Waals surface area contributed by atoms with Gasteiger partial charge in [-0.1, -0.05) is 24.3 Å². The summed E-state index contributed by atoms with van der Waals surface area (Å²) in [6, 6.07) is 9.08. The average Bonchev–Trinajstić information content (AvgIpc) is 3.11. The van der Waals surface area contributed by atoms with Gasteiger partial charge in [0.05, 0.1) is 0 Å². The Bertz CT molecular complexity index is 541. The molecule has 0 bridgehead atoms. The maximum atomic E-state index is 12.5. The molecule has 1 aliphatic heterocycles. The number of amides is 1. The van der Waals surface area contributed by atoms with Gasteiger partial charge in [-0.3, -0.25) is 4.79 Å². The van der Waals surface area contributed by atoms with Gasteiger partial charge in [-0.2, -0.15) is 0 Å². The summed E-state index contributed by atoms with van der Waals surface area (Å²) in [5, 5.41) is 6.63. The first-order valence-electron chi connectivity index (χ1n) is 7.89. The molecule has 1 amide bonds. The van der Waals surface area contributed by atoms with Gasteiger partial charge in [-0.15, -0.1) is 12.4 Å². The summed E-state index contributed by atoms with van der Waals surface area (Å²) in [7, 11) is 0. The van der Waals surface area contributed by atoms with Crippen molar-refractivity contribution in [2.75, 3.05) is 13.1 Å². The molecule has 1 aromatic carbocycles. The second-order valence-corrected chi connectivity index (χ2v) is 6.60. The summed E-state index contributed by atoms with van der Waals surface area (Å²) >= 11 is 0. The van der Waals surface area contributed by atoms with Gasteiger partial charge in [-0.25, -0.2) is 0 Å². The van der Waals surface area contributed by atoms with Crippen molar-refractivity contribution in [2.45, 2.75) is 43.6 Å². The Balaban J connectivity index is 0.00000132. The second kappa shape index (κ2) is 5.62. The van der Waals surface area contributed by atoms with Crippen LogP contribution in [0.4, 0.5) is 0 Å². The Labute approximate surface area is 132 Å². The van der Waals surface area contributed by atoms with E-state index in [0.717, 1.165) is 45.2 Å². The van der Waals surface area contributed by atoms with Crippen LogP contribution in [0.2, 0.25) is 0 Å². The molecule has 3 nitrogen and oxygen atoms in total. The third kappa shape index (κ3) is 2.47. The summed E-state index contributed by atoms with van der Waals surface area (Å²) in [5.41, 5.74) is 3.10. The summed E-state index contributed by atoms with van der Waals surface area (Å²) in [5.74, 6) is 0.523. The third-order valence-electron chi connectivity index (χ3n) is 5.47. The number of carbonyl (C=O) groups excluding carboxylic acids is 1. The van der Waals surface area contributed by atoms with Crippen molar-refractivity contribution in [1.29, 1.82) is 0 Å². The first-order chi connectivity index (χ1) is 9.79. The molecule has 2 atom stereocenters. The molecule has 1 heterocycles. The minimum atomic E-state index is 0. The van der Waals surface area contributed by atoms with Crippen molar-refractivity contribution in [3.8, 4) is 0 Å². The number of halogens is 1. The van der Waals surface area contributed by atoms with E-state index < -0.39 is 0 Å². The van der Waals surface area contributed by atoms with Crippen LogP contribution < -0.4 is 10.6 Å². The molecule has 0 aromatic heterocycles. The zero-order valence-corrected chi connectivity index (χ0v) is 13.0. The molecule has 1 aromatic rings. The van der Waals surface area contributed by atoms with Gasteiger partial charge in [0.25, 0.3) is 0 Å². The lowest BCUT2D eigenvalue weighted by molar-refractivity contribution is -0.123. The lowest BCUT2D eigenvalue weighted by Crippen LogP contribution is -2.43. The van der Waals surface area contributed by atoms with Crippen LogP contribution >= 0.6 is 12.4 Å². The van der Waals surface area contributed by atoms with Crippen LogP contribution in [0.25, 0.3) is 0 Å². The van der Waals surface area contributed by atoms with Crippen molar-refractivity contribution in [2.24, 2.45) is 5.92 Å². The zero-order valence-electron chi connectivity index (χ0n) is 12.2. The van der Waals surface area contributed by atoms with E-state index in [2.05, 4.69) is 34.9 Å². The molecule has 2 unspecified atom stereocenters. The lowest BCUT2D eigenvalue weighted by atomic mass is 9.95. The molecule has 0 radical (unpaired) electrons. The largest absolute Gasteiger partial charge is 0.353 e. The fourth-order valence-electron chi connectivity index (χ4n) is 4.21. The molecule has 21 heavy (non-hydrogen) atoms. The molecule has 2 aliphatic carbocycles. The predicted octanol–water partition coefficient (Wildman–Crippen LogP) is 2.18. The summed E-state index contributed by atoms with van der Waals surface area (Å²) < 4.78 is 0. The van der Waals surface area contributed by atoms with Crippen LogP contribution in [0.1, 0.15) is 36.8 Å². The van der Waals surface area contributed by atoms with Crippen LogP contribution in [0.3, 0.4) is 0 Å². The molecule has 1 spiro atoms. The molecule has 2 fully saturated rings. The number of hydrogen-bond acceptors (Lipinski definition) is 2. The fraction of sp³-hybridized carbons (Fsp3) is 0.588. The minimum Gasteiger partial charge on any atom is -0.353 e. The van der Waals surface area contributed by atoms with Gasteiger partial charge in [-0.05, 0) is 56.3 Å². The Kier molecular flexibility index (Phi) is 3.98. The van der Waals surface area contributed by atoms with E-state index in [1.165, 1.54) is 11.1 Å². The summed E-state index contributed by atoms with van der Waals surface area (Å²) in [6.45, 7) is 2.06. The van der Waals surface area contributed by atoms with Gasteiger partial charge in [0, 0.05) is 17.4 Å². The standard InChI is InChI=1S/C17H22N2O.ClH/c20-16(19-13-6-9-18-10-7-13)15-11-17(15)8-5-12-3-1-2-4-14(12)17;/h1-4,13,15,18H,5-11H2,(H,19,20);1H. The highest BCUT2D eigenvalue weighted by Gasteiger charge is 2.61. The number of fused-ring (bicyclic) bond motifs is 2. The van der Waals surface area contributed by atoms with Crippen LogP contribution in [0.5, 0.6) is 0 Å². The normalized spacial score (nSPS) is 30.6. The molecule has 4 heteroatoms. The SMILES string of the molecule is Cl.O=C(NC1CCNCC1)C1CC12CCc1ccccc12. The summed E-state index contributed by atoms with van der Waals surface area (Å²) in [6.07, 6.45) is 5.51. The first kappa shape index (κ1) is 14.9. The third-order valence-corrected chi connectivity index (χ3v) is 5.47. The Morgan fingerprint density at radius 3 is 2.81 bits per heavy atom. The van der Waals surface area contributed by atoms with Crippen molar-refractivity contribution in [3.63, 3.8) is 0 Å². The van der Waals surface area contributed by atoms with Crippen LogP contribution in [-0.4, -0.2) is 25.0 Å². The van der Waals surface area contributed by atoms with E-state index >= 15 is 0 Å². The van der Waals surface area contributed by atoms with Crippen molar-refractivity contribution in [3.05, 3.63) is 35.4 Å². The molecule has 114 valence electrons. The molecule has 1 saturated carbocycles. The molecule has 3 aliphatic rings. The Hall–Kier alpha value is -1.06. The highest BCUT2D eigenvalue weighted by atomic mass is 35.5. The predicted molar refractivity (Wildman–Crippen MR) is 85.8 cm³/mol. The number of carbonyl (C=O) groups is 1. The Morgan fingerprint density at radius 1 is 1.24 bits per heavy atom. The number of piperidine rings is 1. The topological polar surface area (TPSA) is 41.1 Å². The monoisotopic (exact) mass is 306 g/mol. The maximum absolute atomic E-state index is 12.5. The number of benzene rings is 1. The van der Waals surface area contributed by atoms with E-state index in [1.807, 2.05) is 0 Å². The number of nitrogens with one attached hydrogen (secondary N) is 2. The smallest absolute Gasteiger partial charge is 0.224 e. The number of aryl methyl sites for hydroxylation is 1. The van der Waals surface area contributed by atoms with Crippen molar-refractivity contribution < 1.29 is 4.79 Å². The maximum Gasteiger partial charge on any atom is 0.224 e. The summed E-state index contributed by atoms with van der Waals surface area (Å²) in [4.78, 5) is 12.5. The van der Waals surface area contributed by atoms with E-state index in [0.29, 0.717) is 11.9 Å². The highest BCUT2D eigenvalue weighted by molar-refractivity contribution is 5.85. The second-order valence-electron chi connectivity index (χ2n) is 6.60. The number of rotatable bonds is 2. The first-order valence-corrected chi connectivity index (χ1v) is 7.89. The molecular formula is C17H23ClN2O. The minimum absolute atomic E-state index is 0. The molecule has 1 saturated heterocycles. The van der Waals surface area contributed by atoms with Crippen LogP contribution in [0, 0.1) is 5.92 Å². The highest BCUT2D eigenvalue weighted by Crippen LogP contribution is 2.61. The average molecular weight is 307 g/mol. The number of hydrogen-bond donors (Lipinski definition) is 2. The quantitative estimate of drug-likeness (QED) is 0.879. The van der Waals surface area contributed by atoms with Gasteiger partial charge >= 0.3 is 0 Å². The van der Waals surface area contributed by atoms with E-state index in [1.54, 1.807) is 0 Å². The van der Waals surface area contributed by atoms with Gasteiger partial charge < -0.3 is 10.6 Å². The Morgan fingerprint density at radius 2 is 2.00 bits per heavy atom. The van der Waals surface area contributed by atoms with Crippen LogP contribution in [-0.2, 0) is 16.6 Å². The van der Waals surface area contributed by atoms with Crippen molar-refractivity contribution in [1.82, 2.24) is 10.6 Å². The molecule has 4 rings (SSSR count). The molecule has 2 N–H and O–H groups in total. The van der Waals surface area contributed by atoms with Gasteiger partial charge in [0.15, 0.2) is 0 Å². The van der Waals surface area contributed by atoms with Crippen LogP contribution in [0.15, 0.2) is 24.3 Å². The van der Waals surface area contributed by atoms with E-state index in [-0.39, 0.29) is 23.7 Å². The van der Waals surface area contributed by atoms with Gasteiger partial charge in [0.1, 0.15) is 0 Å². The van der Waals surface area contributed by atoms with E-state index in [4.69, 9.17) is 0 Å². The zero-order chi connectivity index (χ0) is 13.6. The van der Waals surface area contributed by atoms with Gasteiger partial charge in [0.2, 0.25) is 5.91 Å². The van der Waals surface area contributed by atoms with E-state index in [9.17, 15) is 4.79 Å². The fourth-order valence-corrected chi connectivity index (χ4v) is 4.21.